The zero-order valence-corrected chi connectivity index (χ0v) is 21.2. The molecule has 2 bridgehead atoms. The summed E-state index contributed by atoms with van der Waals surface area (Å²) >= 11 is 0. The number of likely N-dealkylation sites (tertiary alicyclic amines) is 1. The van der Waals surface area contributed by atoms with Crippen molar-refractivity contribution >= 4 is 22.3 Å². The lowest BCUT2D eigenvalue weighted by molar-refractivity contribution is 0.187. The van der Waals surface area contributed by atoms with Gasteiger partial charge in [-0.15, -0.1) is 0 Å². The van der Waals surface area contributed by atoms with Crippen LogP contribution in [0.25, 0.3) is 10.8 Å². The summed E-state index contributed by atoms with van der Waals surface area (Å²) in [5, 5.41) is 6.35. The van der Waals surface area contributed by atoms with E-state index in [2.05, 4.69) is 69.5 Å². The van der Waals surface area contributed by atoms with Crippen LogP contribution in [0.1, 0.15) is 36.9 Å². The molecular formula is C29H36N6O. The Kier molecular flexibility index (Phi) is 5.70. The molecule has 188 valence electrons. The monoisotopic (exact) mass is 484 g/mol. The van der Waals surface area contributed by atoms with Crippen LogP contribution in [0.4, 0.5) is 11.5 Å². The molecule has 1 unspecified atom stereocenters. The summed E-state index contributed by atoms with van der Waals surface area (Å²) in [7, 11) is 2.19. The first-order valence-electron chi connectivity index (χ1n) is 13.7. The van der Waals surface area contributed by atoms with Crippen LogP contribution >= 0.6 is 0 Å². The Morgan fingerprint density at radius 1 is 0.944 bits per heavy atom. The van der Waals surface area contributed by atoms with E-state index in [0.717, 1.165) is 50.7 Å². The molecule has 3 atom stereocenters. The van der Waals surface area contributed by atoms with Crippen molar-refractivity contribution in [3.63, 3.8) is 0 Å². The Morgan fingerprint density at radius 2 is 1.78 bits per heavy atom. The molecule has 3 fully saturated rings. The van der Waals surface area contributed by atoms with Gasteiger partial charge in [0.2, 0.25) is 0 Å². The van der Waals surface area contributed by atoms with Gasteiger partial charge in [-0.05, 0) is 57.1 Å². The first kappa shape index (κ1) is 22.3. The smallest absolute Gasteiger partial charge is 0.318 e. The summed E-state index contributed by atoms with van der Waals surface area (Å²) in [5.41, 5.74) is 3.73. The second-order valence-corrected chi connectivity index (χ2v) is 11.1. The summed E-state index contributed by atoms with van der Waals surface area (Å²) < 4.78 is 6.31. The molecule has 7 rings (SSSR count). The highest BCUT2D eigenvalue weighted by Gasteiger charge is 2.35. The molecule has 1 N–H and O–H groups in total. The first-order valence-corrected chi connectivity index (χ1v) is 13.7. The highest BCUT2D eigenvalue weighted by molar-refractivity contribution is 5.94. The molecule has 4 aliphatic rings. The van der Waals surface area contributed by atoms with Gasteiger partial charge in [-0.3, -0.25) is 0 Å². The van der Waals surface area contributed by atoms with Gasteiger partial charge in [0.05, 0.1) is 12.2 Å². The second-order valence-electron chi connectivity index (χ2n) is 11.1. The lowest BCUT2D eigenvalue weighted by Crippen LogP contribution is -2.52. The van der Waals surface area contributed by atoms with E-state index in [0.29, 0.717) is 30.7 Å². The zero-order chi connectivity index (χ0) is 24.1. The topological polar surface area (TPSA) is 56.8 Å². The van der Waals surface area contributed by atoms with E-state index in [1.807, 2.05) is 0 Å². The van der Waals surface area contributed by atoms with Crippen LogP contribution in [0, 0.1) is 0 Å². The number of nitrogens with zero attached hydrogens (tertiary/aromatic N) is 5. The van der Waals surface area contributed by atoms with Gasteiger partial charge < -0.3 is 24.8 Å². The van der Waals surface area contributed by atoms with Gasteiger partial charge in [0.25, 0.3) is 0 Å². The molecule has 3 aromatic rings. The third-order valence-corrected chi connectivity index (χ3v) is 8.72. The maximum absolute atomic E-state index is 6.31. The lowest BCUT2D eigenvalue weighted by Gasteiger charge is -2.37. The molecule has 0 saturated carbocycles. The van der Waals surface area contributed by atoms with E-state index >= 15 is 0 Å². The number of anilines is 2. The molecule has 0 aliphatic carbocycles. The highest BCUT2D eigenvalue weighted by atomic mass is 16.5. The number of likely N-dealkylation sites (N-methyl/N-ethyl adjacent to an activating group) is 1. The Labute approximate surface area is 213 Å². The van der Waals surface area contributed by atoms with Crippen LogP contribution in [0.3, 0.4) is 0 Å². The Morgan fingerprint density at radius 3 is 2.61 bits per heavy atom. The largest absolute Gasteiger partial charge is 0.462 e. The molecule has 7 nitrogen and oxygen atoms in total. The second kappa shape index (κ2) is 9.20. The van der Waals surface area contributed by atoms with Gasteiger partial charge in [0.15, 0.2) is 0 Å². The minimum absolute atomic E-state index is 0.454. The average molecular weight is 485 g/mol. The van der Waals surface area contributed by atoms with Gasteiger partial charge in [0, 0.05) is 54.4 Å². The van der Waals surface area contributed by atoms with Crippen molar-refractivity contribution in [2.75, 3.05) is 49.6 Å². The summed E-state index contributed by atoms with van der Waals surface area (Å²) in [6.45, 7) is 5.62. The SMILES string of the molecule is CN1CCCC1COc1nc2c(c(N3C[C@H]4CC[C@@H](C3)N4)n1)CCN(c1cccc3ccccc13)C2. The molecule has 4 aliphatic heterocycles. The van der Waals surface area contributed by atoms with Crippen LogP contribution in [-0.4, -0.2) is 72.8 Å². The Hall–Kier alpha value is -2.90. The maximum atomic E-state index is 6.31. The van der Waals surface area contributed by atoms with Crippen molar-refractivity contribution in [2.24, 2.45) is 0 Å². The third-order valence-electron chi connectivity index (χ3n) is 8.72. The van der Waals surface area contributed by atoms with Crippen molar-refractivity contribution in [1.29, 1.82) is 0 Å². The maximum Gasteiger partial charge on any atom is 0.318 e. The van der Waals surface area contributed by atoms with E-state index in [1.54, 1.807) is 0 Å². The highest BCUT2D eigenvalue weighted by Crippen LogP contribution is 2.35. The first-order chi connectivity index (χ1) is 17.7. The molecule has 1 aromatic heterocycles. The van der Waals surface area contributed by atoms with Gasteiger partial charge in [-0.25, -0.2) is 0 Å². The quantitative estimate of drug-likeness (QED) is 0.594. The van der Waals surface area contributed by atoms with Gasteiger partial charge in [-0.2, -0.15) is 9.97 Å². The van der Waals surface area contributed by atoms with E-state index in [-0.39, 0.29) is 0 Å². The number of fused-ring (bicyclic) bond motifs is 4. The summed E-state index contributed by atoms with van der Waals surface area (Å²) in [6.07, 6.45) is 5.91. The molecular weight excluding hydrogens is 448 g/mol. The third kappa shape index (κ3) is 4.08. The average Bonchev–Trinajstić information content (AvgIpc) is 3.49. The van der Waals surface area contributed by atoms with Crippen molar-refractivity contribution in [3.8, 4) is 6.01 Å². The number of ether oxygens (including phenoxy) is 1. The predicted octanol–water partition coefficient (Wildman–Crippen LogP) is 3.61. The van der Waals surface area contributed by atoms with Crippen LogP contribution in [0.15, 0.2) is 42.5 Å². The van der Waals surface area contributed by atoms with Crippen molar-refractivity contribution in [2.45, 2.75) is 56.8 Å². The van der Waals surface area contributed by atoms with E-state index in [4.69, 9.17) is 14.7 Å². The van der Waals surface area contributed by atoms with E-state index in [9.17, 15) is 0 Å². The molecule has 5 heterocycles. The zero-order valence-electron chi connectivity index (χ0n) is 21.2. The molecule has 0 radical (unpaired) electrons. The van der Waals surface area contributed by atoms with Crippen LogP contribution in [0.5, 0.6) is 6.01 Å². The molecule has 0 amide bonds. The fraction of sp³-hybridized carbons (Fsp3) is 0.517. The number of hydrogen-bond donors (Lipinski definition) is 1. The van der Waals surface area contributed by atoms with Gasteiger partial charge >= 0.3 is 6.01 Å². The summed E-state index contributed by atoms with van der Waals surface area (Å²) in [5.74, 6) is 1.12. The molecule has 2 aromatic carbocycles. The number of benzene rings is 2. The van der Waals surface area contributed by atoms with Crippen molar-refractivity contribution in [1.82, 2.24) is 20.2 Å². The van der Waals surface area contributed by atoms with Gasteiger partial charge in [-0.1, -0.05) is 36.4 Å². The summed E-state index contributed by atoms with van der Waals surface area (Å²) in [6, 6.07) is 17.4. The molecule has 36 heavy (non-hydrogen) atoms. The van der Waals surface area contributed by atoms with Crippen LogP contribution in [0.2, 0.25) is 0 Å². The fourth-order valence-corrected chi connectivity index (χ4v) is 6.73. The standard InChI is InChI=1S/C29H36N6O/c1-33-14-5-8-23(33)19-36-29-31-26-18-34(27-10-4-7-20-6-2-3-9-24(20)27)15-13-25(26)28(32-29)35-16-21-11-12-22(17-35)30-21/h2-4,6-7,9-10,21-23,30H,5,8,11-19H2,1H3/t21-,22+,23?. The lowest BCUT2D eigenvalue weighted by atomic mass is 10.0. The normalized spacial score (nSPS) is 26.0. The van der Waals surface area contributed by atoms with Crippen LogP contribution in [-0.2, 0) is 13.0 Å². The number of hydrogen-bond acceptors (Lipinski definition) is 7. The van der Waals surface area contributed by atoms with Crippen LogP contribution < -0.4 is 19.9 Å². The van der Waals surface area contributed by atoms with E-state index in [1.165, 1.54) is 47.7 Å². The number of aromatic nitrogens is 2. The number of rotatable bonds is 5. The summed E-state index contributed by atoms with van der Waals surface area (Å²) in [4.78, 5) is 17.5. The predicted molar refractivity (Wildman–Crippen MR) is 144 cm³/mol. The molecule has 7 heteroatoms. The number of nitrogens with one attached hydrogen (secondary N) is 1. The Bertz CT molecular complexity index is 1250. The Balaban J connectivity index is 1.22. The number of piperazine rings is 1. The van der Waals surface area contributed by atoms with E-state index < -0.39 is 0 Å². The fourth-order valence-electron chi connectivity index (χ4n) is 6.73. The molecule has 3 saturated heterocycles. The minimum Gasteiger partial charge on any atom is -0.462 e. The van der Waals surface area contributed by atoms with Gasteiger partial charge in [0.1, 0.15) is 12.4 Å². The van der Waals surface area contributed by atoms with Crippen molar-refractivity contribution in [3.05, 3.63) is 53.7 Å². The minimum atomic E-state index is 0.454. The van der Waals surface area contributed by atoms with Crippen molar-refractivity contribution < 1.29 is 4.74 Å². The molecule has 0 spiro atoms.